The molecule has 0 spiro atoms. The van der Waals surface area contributed by atoms with E-state index in [4.69, 9.17) is 26.8 Å². The molecule has 1 aromatic carbocycles. The summed E-state index contributed by atoms with van der Waals surface area (Å²) in [6.07, 6.45) is 1.37. The second-order valence-corrected chi connectivity index (χ2v) is 3.70. The number of aryl methyl sites for hydroxylation is 1. The van der Waals surface area contributed by atoms with Gasteiger partial charge < -0.3 is 15.2 Å². The molecule has 0 amide bonds. The van der Waals surface area contributed by atoms with Crippen molar-refractivity contribution in [3.63, 3.8) is 0 Å². The van der Waals surface area contributed by atoms with E-state index in [1.165, 1.54) is 14.2 Å². The van der Waals surface area contributed by atoms with Crippen LogP contribution < -0.4 is 15.2 Å². The van der Waals surface area contributed by atoms with Crippen molar-refractivity contribution < 1.29 is 13.9 Å². The molecule has 0 saturated heterocycles. The molecule has 3 nitrogen and oxygen atoms in total. The molecule has 0 heterocycles. The van der Waals surface area contributed by atoms with Gasteiger partial charge in [-0.2, -0.15) is 4.39 Å². The van der Waals surface area contributed by atoms with Gasteiger partial charge >= 0.3 is 0 Å². The number of benzene rings is 1. The molecule has 1 rings (SSSR count). The Morgan fingerprint density at radius 1 is 1.31 bits per heavy atom. The Labute approximate surface area is 99.3 Å². The van der Waals surface area contributed by atoms with Crippen LogP contribution in [0.3, 0.4) is 0 Å². The van der Waals surface area contributed by atoms with Gasteiger partial charge in [0, 0.05) is 0 Å². The van der Waals surface area contributed by atoms with Crippen LogP contribution >= 0.6 is 11.6 Å². The van der Waals surface area contributed by atoms with Gasteiger partial charge in [-0.05, 0) is 31.0 Å². The molecule has 0 aliphatic rings. The van der Waals surface area contributed by atoms with Crippen LogP contribution in [0.25, 0.3) is 0 Å². The van der Waals surface area contributed by atoms with Gasteiger partial charge in [-0.1, -0.05) is 11.6 Å². The second-order valence-electron chi connectivity index (χ2n) is 3.29. The standard InChI is InChI=1S/C11H15ClFNO2/c1-15-10-7(4-3-5-14)6-8(12)11(16-2)9(10)13/h6H,3-5,14H2,1-2H3. The zero-order chi connectivity index (χ0) is 12.1. The molecule has 0 aliphatic carbocycles. The fourth-order valence-corrected chi connectivity index (χ4v) is 1.81. The third-order valence-electron chi connectivity index (χ3n) is 2.27. The summed E-state index contributed by atoms with van der Waals surface area (Å²) in [7, 11) is 2.78. The molecule has 0 atom stereocenters. The Morgan fingerprint density at radius 2 is 1.94 bits per heavy atom. The molecule has 0 radical (unpaired) electrons. The number of halogens is 2. The molecule has 0 aliphatic heterocycles. The summed E-state index contributed by atoms with van der Waals surface area (Å²) in [5.74, 6) is -0.380. The first-order valence-electron chi connectivity index (χ1n) is 4.94. The van der Waals surface area contributed by atoms with E-state index >= 15 is 0 Å². The smallest absolute Gasteiger partial charge is 0.208 e. The Bertz CT molecular complexity index is 371. The Kier molecular flexibility index (Phi) is 4.83. The molecule has 2 N–H and O–H groups in total. The van der Waals surface area contributed by atoms with Gasteiger partial charge in [0.25, 0.3) is 0 Å². The third kappa shape index (κ3) is 2.57. The summed E-state index contributed by atoms with van der Waals surface area (Å²) in [6.45, 7) is 0.536. The van der Waals surface area contributed by atoms with Crippen molar-refractivity contribution in [3.05, 3.63) is 22.5 Å². The third-order valence-corrected chi connectivity index (χ3v) is 2.55. The van der Waals surface area contributed by atoms with E-state index in [1.54, 1.807) is 6.07 Å². The molecular weight excluding hydrogens is 233 g/mol. The summed E-state index contributed by atoms with van der Waals surface area (Å²) in [5.41, 5.74) is 6.11. The van der Waals surface area contributed by atoms with Gasteiger partial charge in [0.1, 0.15) is 0 Å². The van der Waals surface area contributed by atoms with Gasteiger partial charge in [-0.3, -0.25) is 0 Å². The lowest BCUT2D eigenvalue weighted by atomic mass is 10.1. The van der Waals surface area contributed by atoms with Gasteiger partial charge in [0.15, 0.2) is 11.5 Å². The molecule has 0 unspecified atom stereocenters. The van der Waals surface area contributed by atoms with E-state index < -0.39 is 5.82 Å². The van der Waals surface area contributed by atoms with Gasteiger partial charge in [0.05, 0.1) is 19.2 Å². The number of nitrogens with two attached hydrogens (primary N) is 1. The van der Waals surface area contributed by atoms with Crippen molar-refractivity contribution >= 4 is 11.6 Å². The molecule has 0 saturated carbocycles. The summed E-state index contributed by atoms with van der Waals surface area (Å²) >= 11 is 5.89. The minimum atomic E-state index is -0.565. The second kappa shape index (κ2) is 5.92. The van der Waals surface area contributed by atoms with Gasteiger partial charge in [-0.25, -0.2) is 0 Å². The molecule has 90 valence electrons. The maximum absolute atomic E-state index is 13.9. The van der Waals surface area contributed by atoms with E-state index in [0.717, 1.165) is 6.42 Å². The van der Waals surface area contributed by atoms with Crippen molar-refractivity contribution in [1.29, 1.82) is 0 Å². The van der Waals surface area contributed by atoms with Gasteiger partial charge in [0.2, 0.25) is 5.82 Å². The van der Waals surface area contributed by atoms with Crippen molar-refractivity contribution in [1.82, 2.24) is 0 Å². The summed E-state index contributed by atoms with van der Waals surface area (Å²) in [5, 5.41) is 0.243. The summed E-state index contributed by atoms with van der Waals surface area (Å²) in [4.78, 5) is 0. The number of methoxy groups -OCH3 is 2. The lowest BCUT2D eigenvalue weighted by Crippen LogP contribution is -2.04. The van der Waals surface area contributed by atoms with Crippen LogP contribution in [0.2, 0.25) is 5.02 Å². The normalized spacial score (nSPS) is 10.3. The predicted octanol–water partition coefficient (Wildman–Crippen LogP) is 2.39. The van der Waals surface area contributed by atoms with E-state index in [1.807, 2.05) is 0 Å². The lowest BCUT2D eigenvalue weighted by molar-refractivity contribution is 0.347. The van der Waals surface area contributed by atoms with Crippen LogP contribution in [0.15, 0.2) is 6.07 Å². The van der Waals surface area contributed by atoms with E-state index in [9.17, 15) is 4.39 Å². The number of rotatable bonds is 5. The van der Waals surface area contributed by atoms with E-state index in [2.05, 4.69) is 0 Å². The van der Waals surface area contributed by atoms with Crippen LogP contribution in [0, 0.1) is 5.82 Å². The quantitative estimate of drug-likeness (QED) is 0.869. The summed E-state index contributed by atoms with van der Waals surface area (Å²) in [6, 6.07) is 1.65. The Morgan fingerprint density at radius 3 is 2.44 bits per heavy atom. The minimum absolute atomic E-state index is 0.00927. The largest absolute Gasteiger partial charge is 0.493 e. The number of hydrogen-bond donors (Lipinski definition) is 1. The van der Waals surface area contributed by atoms with Crippen LogP contribution in [0.5, 0.6) is 11.5 Å². The first-order chi connectivity index (χ1) is 7.65. The average molecular weight is 248 g/mol. The molecule has 5 heteroatoms. The molecule has 16 heavy (non-hydrogen) atoms. The van der Waals surface area contributed by atoms with Crippen LogP contribution in [-0.4, -0.2) is 20.8 Å². The maximum atomic E-state index is 13.9. The zero-order valence-corrected chi connectivity index (χ0v) is 10.1. The first kappa shape index (κ1) is 13.1. The molecule has 1 aromatic rings. The van der Waals surface area contributed by atoms with E-state index in [-0.39, 0.29) is 16.5 Å². The highest BCUT2D eigenvalue weighted by molar-refractivity contribution is 6.32. The summed E-state index contributed by atoms with van der Waals surface area (Å²) < 4.78 is 23.7. The van der Waals surface area contributed by atoms with Crippen LogP contribution in [0.4, 0.5) is 4.39 Å². The number of hydrogen-bond acceptors (Lipinski definition) is 3. The number of ether oxygens (including phenoxy) is 2. The van der Waals surface area contributed by atoms with Crippen LogP contribution in [0.1, 0.15) is 12.0 Å². The predicted molar refractivity (Wildman–Crippen MR) is 61.9 cm³/mol. The highest BCUT2D eigenvalue weighted by Gasteiger charge is 2.18. The lowest BCUT2D eigenvalue weighted by Gasteiger charge is -2.13. The van der Waals surface area contributed by atoms with Crippen molar-refractivity contribution in [3.8, 4) is 11.5 Å². The van der Waals surface area contributed by atoms with Gasteiger partial charge in [-0.15, -0.1) is 0 Å². The average Bonchev–Trinajstić information content (AvgIpc) is 2.26. The minimum Gasteiger partial charge on any atom is -0.493 e. The highest BCUT2D eigenvalue weighted by atomic mass is 35.5. The highest BCUT2D eigenvalue weighted by Crippen LogP contribution is 2.37. The van der Waals surface area contributed by atoms with E-state index in [0.29, 0.717) is 18.5 Å². The maximum Gasteiger partial charge on any atom is 0.208 e. The Hall–Kier alpha value is -1.00. The molecule has 0 fully saturated rings. The zero-order valence-electron chi connectivity index (χ0n) is 9.35. The molecule has 0 aromatic heterocycles. The topological polar surface area (TPSA) is 44.5 Å². The fourth-order valence-electron chi connectivity index (χ4n) is 1.52. The molecule has 0 bridgehead atoms. The van der Waals surface area contributed by atoms with Crippen molar-refractivity contribution in [2.45, 2.75) is 12.8 Å². The first-order valence-corrected chi connectivity index (χ1v) is 5.32. The van der Waals surface area contributed by atoms with Crippen LogP contribution in [-0.2, 0) is 6.42 Å². The Balaban J connectivity index is 3.18. The van der Waals surface area contributed by atoms with Crippen molar-refractivity contribution in [2.75, 3.05) is 20.8 Å². The monoisotopic (exact) mass is 247 g/mol. The SMILES string of the molecule is COc1c(Cl)cc(CCCN)c(OC)c1F. The van der Waals surface area contributed by atoms with Crippen molar-refractivity contribution in [2.24, 2.45) is 5.73 Å². The molecular formula is C11H15ClFNO2. The fraction of sp³-hybridized carbons (Fsp3) is 0.455.